The molecule has 0 aliphatic carbocycles. The van der Waals surface area contributed by atoms with Crippen LogP contribution >= 0.6 is 0 Å². The number of nitrogens with zero attached hydrogens (tertiary/aromatic N) is 2. The van der Waals surface area contributed by atoms with Crippen LogP contribution in [0, 0.1) is 0 Å². The predicted molar refractivity (Wildman–Crippen MR) is 97.4 cm³/mol. The van der Waals surface area contributed by atoms with E-state index in [1.54, 1.807) is 0 Å². The van der Waals surface area contributed by atoms with Crippen LogP contribution in [0.5, 0.6) is 0 Å². The van der Waals surface area contributed by atoms with Crippen LogP contribution in [0.15, 0.2) is 18.2 Å². The molecule has 4 heterocycles. The first-order valence-corrected chi connectivity index (χ1v) is 9.89. The average molecular weight is 340 g/mol. The molecule has 1 amide bonds. The van der Waals surface area contributed by atoms with E-state index in [1.807, 2.05) is 6.07 Å². The highest BCUT2D eigenvalue weighted by Crippen LogP contribution is 2.31. The lowest BCUT2D eigenvalue weighted by Crippen LogP contribution is -2.50. The number of piperidine rings is 1. The summed E-state index contributed by atoms with van der Waals surface area (Å²) in [7, 11) is 0. The SMILES string of the molecule is O=C1c2cccc(CN3CC4CCC(C3)N4)c2CN1C1CCCNC1. The van der Waals surface area contributed by atoms with Crippen LogP contribution in [-0.2, 0) is 13.1 Å². The molecule has 0 aromatic heterocycles. The van der Waals surface area contributed by atoms with E-state index in [-0.39, 0.29) is 5.91 Å². The Bertz CT molecular complexity index is 658. The van der Waals surface area contributed by atoms with Crippen LogP contribution < -0.4 is 10.6 Å². The summed E-state index contributed by atoms with van der Waals surface area (Å²) >= 11 is 0. The van der Waals surface area contributed by atoms with E-state index in [4.69, 9.17) is 0 Å². The number of hydrogen-bond acceptors (Lipinski definition) is 4. The van der Waals surface area contributed by atoms with Gasteiger partial charge in [0.05, 0.1) is 0 Å². The molecule has 3 unspecified atom stereocenters. The van der Waals surface area contributed by atoms with Gasteiger partial charge < -0.3 is 15.5 Å². The van der Waals surface area contributed by atoms with Gasteiger partial charge in [-0.25, -0.2) is 0 Å². The normalized spacial score (nSPS) is 32.2. The molecule has 0 spiro atoms. The smallest absolute Gasteiger partial charge is 0.254 e. The van der Waals surface area contributed by atoms with Crippen molar-refractivity contribution in [1.29, 1.82) is 0 Å². The third-order valence-corrected chi connectivity index (χ3v) is 6.49. The Labute approximate surface area is 149 Å². The van der Waals surface area contributed by atoms with Gasteiger partial charge in [-0.05, 0) is 49.4 Å². The second-order valence-corrected chi connectivity index (χ2v) is 8.21. The lowest BCUT2D eigenvalue weighted by molar-refractivity contribution is 0.0674. The van der Waals surface area contributed by atoms with Crippen molar-refractivity contribution >= 4 is 5.91 Å². The molecular weight excluding hydrogens is 312 g/mol. The first kappa shape index (κ1) is 15.8. The van der Waals surface area contributed by atoms with Crippen LogP contribution in [0.3, 0.4) is 0 Å². The molecule has 25 heavy (non-hydrogen) atoms. The molecule has 3 saturated heterocycles. The minimum absolute atomic E-state index is 0.242. The third kappa shape index (κ3) is 2.88. The van der Waals surface area contributed by atoms with Crippen LogP contribution in [0.2, 0.25) is 0 Å². The van der Waals surface area contributed by atoms with Gasteiger partial charge in [0.25, 0.3) is 5.91 Å². The molecule has 134 valence electrons. The van der Waals surface area contributed by atoms with Crippen molar-refractivity contribution in [3.8, 4) is 0 Å². The summed E-state index contributed by atoms with van der Waals surface area (Å²) in [6, 6.07) is 8.03. The van der Waals surface area contributed by atoms with Crippen molar-refractivity contribution in [2.24, 2.45) is 0 Å². The topological polar surface area (TPSA) is 47.6 Å². The number of amides is 1. The summed E-state index contributed by atoms with van der Waals surface area (Å²) in [5.74, 6) is 0.242. The fourth-order valence-corrected chi connectivity index (χ4v) is 5.22. The molecule has 0 saturated carbocycles. The molecule has 1 aromatic rings. The Hall–Kier alpha value is -1.43. The van der Waals surface area contributed by atoms with Gasteiger partial charge in [-0.15, -0.1) is 0 Å². The number of nitrogens with one attached hydrogen (secondary N) is 2. The number of benzene rings is 1. The Morgan fingerprint density at radius 2 is 1.96 bits per heavy atom. The molecule has 4 aliphatic rings. The van der Waals surface area contributed by atoms with Crippen molar-refractivity contribution < 1.29 is 4.79 Å². The second-order valence-electron chi connectivity index (χ2n) is 8.21. The maximum atomic E-state index is 12.9. The lowest BCUT2D eigenvalue weighted by atomic mass is 10.0. The van der Waals surface area contributed by atoms with E-state index < -0.39 is 0 Å². The largest absolute Gasteiger partial charge is 0.330 e. The van der Waals surface area contributed by atoms with Crippen molar-refractivity contribution in [3.05, 3.63) is 34.9 Å². The maximum Gasteiger partial charge on any atom is 0.254 e. The van der Waals surface area contributed by atoms with Gasteiger partial charge >= 0.3 is 0 Å². The number of carbonyl (C=O) groups is 1. The number of hydrogen-bond donors (Lipinski definition) is 2. The predicted octanol–water partition coefficient (Wildman–Crippen LogP) is 1.33. The van der Waals surface area contributed by atoms with Crippen LogP contribution in [-0.4, -0.2) is 60.0 Å². The van der Waals surface area contributed by atoms with Gasteiger partial charge in [-0.1, -0.05) is 12.1 Å². The third-order valence-electron chi connectivity index (χ3n) is 6.49. The van der Waals surface area contributed by atoms with E-state index in [0.29, 0.717) is 18.1 Å². The fourth-order valence-electron chi connectivity index (χ4n) is 5.22. The van der Waals surface area contributed by atoms with Gasteiger partial charge in [0.2, 0.25) is 0 Å². The Balaban J connectivity index is 1.35. The number of piperazine rings is 1. The zero-order chi connectivity index (χ0) is 16.8. The number of fused-ring (bicyclic) bond motifs is 3. The molecule has 3 atom stereocenters. The molecule has 1 aromatic carbocycles. The zero-order valence-electron chi connectivity index (χ0n) is 14.8. The van der Waals surface area contributed by atoms with Gasteiger partial charge in [-0.3, -0.25) is 9.69 Å². The Morgan fingerprint density at radius 1 is 1.12 bits per heavy atom. The highest BCUT2D eigenvalue weighted by atomic mass is 16.2. The molecule has 3 fully saturated rings. The molecule has 5 rings (SSSR count). The minimum Gasteiger partial charge on any atom is -0.330 e. The second kappa shape index (κ2) is 6.38. The highest BCUT2D eigenvalue weighted by Gasteiger charge is 2.36. The van der Waals surface area contributed by atoms with Crippen molar-refractivity contribution in [2.75, 3.05) is 26.2 Å². The van der Waals surface area contributed by atoms with Crippen LogP contribution in [0.1, 0.15) is 47.2 Å². The molecule has 2 bridgehead atoms. The van der Waals surface area contributed by atoms with Gasteiger partial charge in [0, 0.05) is 56.4 Å². The van der Waals surface area contributed by atoms with Gasteiger partial charge in [0.1, 0.15) is 0 Å². The average Bonchev–Trinajstić information content (AvgIpc) is 3.16. The van der Waals surface area contributed by atoms with E-state index in [9.17, 15) is 4.79 Å². The summed E-state index contributed by atoms with van der Waals surface area (Å²) in [4.78, 5) is 17.6. The van der Waals surface area contributed by atoms with Gasteiger partial charge in [-0.2, -0.15) is 0 Å². The lowest BCUT2D eigenvalue weighted by Gasteiger charge is -2.33. The van der Waals surface area contributed by atoms with Crippen molar-refractivity contribution in [3.63, 3.8) is 0 Å². The maximum absolute atomic E-state index is 12.9. The van der Waals surface area contributed by atoms with E-state index in [2.05, 4.69) is 32.6 Å². The summed E-state index contributed by atoms with van der Waals surface area (Å²) in [6.07, 6.45) is 4.93. The summed E-state index contributed by atoms with van der Waals surface area (Å²) in [5.41, 5.74) is 3.59. The summed E-state index contributed by atoms with van der Waals surface area (Å²) < 4.78 is 0. The Kier molecular flexibility index (Phi) is 4.03. The van der Waals surface area contributed by atoms with Crippen molar-refractivity contribution in [1.82, 2.24) is 20.4 Å². The van der Waals surface area contributed by atoms with E-state index in [1.165, 1.54) is 30.4 Å². The minimum atomic E-state index is 0.242. The number of rotatable bonds is 3. The molecule has 5 nitrogen and oxygen atoms in total. The summed E-state index contributed by atoms with van der Waals surface area (Å²) in [5, 5.41) is 7.15. The van der Waals surface area contributed by atoms with Crippen molar-refractivity contribution in [2.45, 2.75) is 56.9 Å². The number of likely N-dealkylation sites (tertiary alicyclic amines) is 1. The van der Waals surface area contributed by atoms with E-state index in [0.717, 1.165) is 51.3 Å². The standard InChI is InChI=1S/C20H28N4O/c25-20-18-5-1-3-14(10-23-11-15-6-7-16(12-23)22-15)19(18)13-24(20)17-4-2-8-21-9-17/h1,3,5,15-17,21-22H,2,4,6-13H2. The fraction of sp³-hybridized carbons (Fsp3) is 0.650. The molecule has 2 N–H and O–H groups in total. The molecule has 0 radical (unpaired) electrons. The van der Waals surface area contributed by atoms with Crippen LogP contribution in [0.4, 0.5) is 0 Å². The summed E-state index contributed by atoms with van der Waals surface area (Å²) in [6.45, 7) is 6.10. The first-order valence-electron chi connectivity index (χ1n) is 9.89. The number of carbonyl (C=O) groups excluding carboxylic acids is 1. The molecular formula is C20H28N4O. The van der Waals surface area contributed by atoms with Gasteiger partial charge in [0.15, 0.2) is 0 Å². The highest BCUT2D eigenvalue weighted by molar-refractivity contribution is 5.99. The van der Waals surface area contributed by atoms with Crippen LogP contribution in [0.25, 0.3) is 0 Å². The zero-order valence-corrected chi connectivity index (χ0v) is 14.8. The first-order chi connectivity index (χ1) is 12.3. The monoisotopic (exact) mass is 340 g/mol. The quantitative estimate of drug-likeness (QED) is 0.872. The van der Waals surface area contributed by atoms with E-state index >= 15 is 0 Å². The Morgan fingerprint density at radius 3 is 2.72 bits per heavy atom. The molecule has 5 heteroatoms. The molecule has 4 aliphatic heterocycles.